The number of benzene rings is 1. The Kier molecular flexibility index (Phi) is 5.46. The lowest BCUT2D eigenvalue weighted by Gasteiger charge is -2.31. The summed E-state index contributed by atoms with van der Waals surface area (Å²) in [6.07, 6.45) is 0.417. The maximum atomic E-state index is 12.2. The first-order valence-corrected chi connectivity index (χ1v) is 6.56. The number of alkyl halides is 2. The molecule has 0 saturated carbocycles. The third-order valence-corrected chi connectivity index (χ3v) is 3.24. The van der Waals surface area contributed by atoms with E-state index < -0.39 is 6.61 Å². The van der Waals surface area contributed by atoms with Gasteiger partial charge in [-0.25, -0.2) is 0 Å². The highest BCUT2D eigenvalue weighted by Crippen LogP contribution is 2.17. The largest absolute Gasteiger partial charge is 0.435 e. The van der Waals surface area contributed by atoms with Crippen LogP contribution in [-0.4, -0.2) is 45.0 Å². The number of carbonyl (C=O) groups is 1. The number of methoxy groups -OCH3 is 1. The molecule has 1 amide bonds. The number of ether oxygens (including phenoxy) is 3. The number of rotatable bonds is 5. The first-order chi connectivity index (χ1) is 10.1. The summed E-state index contributed by atoms with van der Waals surface area (Å²) in [5, 5.41) is 2.83. The minimum Gasteiger partial charge on any atom is -0.435 e. The van der Waals surface area contributed by atoms with Gasteiger partial charge in [-0.15, -0.1) is 0 Å². The highest BCUT2D eigenvalue weighted by molar-refractivity contribution is 5.94. The smallest absolute Gasteiger partial charge is 0.387 e. The zero-order chi connectivity index (χ0) is 15.2. The lowest BCUT2D eigenvalue weighted by Crippen LogP contribution is -2.49. The highest BCUT2D eigenvalue weighted by atomic mass is 19.3. The van der Waals surface area contributed by atoms with Crippen molar-refractivity contribution in [2.45, 2.75) is 25.2 Å². The molecule has 116 valence electrons. The standard InChI is InChI=1S/C14H17F2NO4/c1-19-12-8-20-6-5-11(12)17-13(18)9-3-2-4-10(7-9)21-14(15)16/h2-4,7,11-12,14H,5-6,8H2,1H3,(H,17,18)/t11-,12-/m1/s1. The van der Waals surface area contributed by atoms with E-state index in [1.807, 2.05) is 0 Å². The topological polar surface area (TPSA) is 56.8 Å². The van der Waals surface area contributed by atoms with Crippen molar-refractivity contribution in [3.63, 3.8) is 0 Å². The minimum absolute atomic E-state index is 0.0482. The number of amides is 1. The summed E-state index contributed by atoms with van der Waals surface area (Å²) in [5.41, 5.74) is 0.259. The second kappa shape index (κ2) is 7.33. The van der Waals surface area contributed by atoms with Crippen molar-refractivity contribution in [1.82, 2.24) is 5.32 Å². The summed E-state index contributed by atoms with van der Waals surface area (Å²) in [6, 6.07) is 5.51. The monoisotopic (exact) mass is 301 g/mol. The van der Waals surface area contributed by atoms with Gasteiger partial charge in [0, 0.05) is 19.3 Å². The number of nitrogens with one attached hydrogen (secondary N) is 1. The van der Waals surface area contributed by atoms with E-state index in [0.29, 0.717) is 19.6 Å². The SMILES string of the molecule is CO[C@@H]1COCC[C@H]1NC(=O)c1cccc(OC(F)F)c1. The second-order valence-corrected chi connectivity index (χ2v) is 4.62. The Labute approximate surface area is 121 Å². The molecule has 1 aromatic rings. The van der Waals surface area contributed by atoms with Gasteiger partial charge in [-0.2, -0.15) is 8.78 Å². The molecule has 0 unspecified atom stereocenters. The Hall–Kier alpha value is -1.73. The molecule has 1 heterocycles. The van der Waals surface area contributed by atoms with Crippen LogP contribution in [0.3, 0.4) is 0 Å². The van der Waals surface area contributed by atoms with Gasteiger partial charge >= 0.3 is 6.61 Å². The molecule has 0 spiro atoms. The predicted octanol–water partition coefficient (Wildman–Crippen LogP) is 1.82. The molecular weight excluding hydrogens is 284 g/mol. The molecule has 0 aromatic heterocycles. The van der Waals surface area contributed by atoms with Gasteiger partial charge in [-0.1, -0.05) is 6.07 Å². The zero-order valence-electron chi connectivity index (χ0n) is 11.6. The van der Waals surface area contributed by atoms with Gasteiger partial charge in [0.15, 0.2) is 0 Å². The summed E-state index contributed by atoms with van der Waals surface area (Å²) in [6.45, 7) is -1.97. The van der Waals surface area contributed by atoms with Crippen molar-refractivity contribution in [3.8, 4) is 5.75 Å². The average Bonchev–Trinajstić information content (AvgIpc) is 2.47. The lowest BCUT2D eigenvalue weighted by molar-refractivity contribution is -0.0500. The van der Waals surface area contributed by atoms with Crippen LogP contribution in [0.4, 0.5) is 8.78 Å². The number of carbonyl (C=O) groups excluding carboxylic acids is 1. The van der Waals surface area contributed by atoms with Gasteiger partial charge in [0.2, 0.25) is 0 Å². The Balaban J connectivity index is 2.02. The summed E-state index contributed by atoms with van der Waals surface area (Å²) in [7, 11) is 1.55. The Bertz CT molecular complexity index is 484. The number of hydrogen-bond donors (Lipinski definition) is 1. The first kappa shape index (κ1) is 15.7. The molecule has 1 aromatic carbocycles. The molecule has 0 aliphatic carbocycles. The Morgan fingerprint density at radius 1 is 1.48 bits per heavy atom. The van der Waals surface area contributed by atoms with E-state index in [0.717, 1.165) is 0 Å². The quantitative estimate of drug-likeness (QED) is 0.901. The molecule has 1 aliphatic heterocycles. The van der Waals surface area contributed by atoms with Crippen LogP contribution in [-0.2, 0) is 9.47 Å². The minimum atomic E-state index is -2.92. The normalized spacial score (nSPS) is 22.1. The lowest BCUT2D eigenvalue weighted by atomic mass is 10.1. The first-order valence-electron chi connectivity index (χ1n) is 6.56. The molecule has 0 radical (unpaired) electrons. The van der Waals surface area contributed by atoms with Crippen molar-refractivity contribution in [2.75, 3.05) is 20.3 Å². The third-order valence-electron chi connectivity index (χ3n) is 3.24. The molecule has 2 atom stereocenters. The highest BCUT2D eigenvalue weighted by Gasteiger charge is 2.27. The van der Waals surface area contributed by atoms with Crippen molar-refractivity contribution >= 4 is 5.91 Å². The van der Waals surface area contributed by atoms with Gasteiger partial charge in [0.25, 0.3) is 5.91 Å². The summed E-state index contributed by atoms with van der Waals surface area (Å²) < 4.78 is 39.1. The maximum absolute atomic E-state index is 12.2. The van der Waals surface area contributed by atoms with Gasteiger partial charge in [-0.05, 0) is 24.6 Å². The van der Waals surface area contributed by atoms with E-state index in [1.165, 1.54) is 24.3 Å². The molecule has 21 heavy (non-hydrogen) atoms. The van der Waals surface area contributed by atoms with Crippen LogP contribution in [0.2, 0.25) is 0 Å². The van der Waals surface area contributed by atoms with Crippen molar-refractivity contribution in [2.24, 2.45) is 0 Å². The van der Waals surface area contributed by atoms with Crippen LogP contribution in [0, 0.1) is 0 Å². The predicted molar refractivity (Wildman–Crippen MR) is 70.6 cm³/mol. The fourth-order valence-corrected chi connectivity index (χ4v) is 2.17. The fraction of sp³-hybridized carbons (Fsp3) is 0.500. The maximum Gasteiger partial charge on any atom is 0.387 e. The van der Waals surface area contributed by atoms with E-state index in [-0.39, 0.29) is 29.4 Å². The van der Waals surface area contributed by atoms with E-state index >= 15 is 0 Å². The summed E-state index contributed by atoms with van der Waals surface area (Å²) in [5.74, 6) is -0.406. The van der Waals surface area contributed by atoms with Crippen LogP contribution in [0.25, 0.3) is 0 Å². The number of halogens is 2. The second-order valence-electron chi connectivity index (χ2n) is 4.62. The van der Waals surface area contributed by atoms with Crippen LogP contribution in [0.5, 0.6) is 5.75 Å². The molecule has 2 rings (SSSR count). The average molecular weight is 301 g/mol. The van der Waals surface area contributed by atoms with Crippen LogP contribution in [0.15, 0.2) is 24.3 Å². The molecule has 5 nitrogen and oxygen atoms in total. The van der Waals surface area contributed by atoms with Crippen LogP contribution >= 0.6 is 0 Å². The Morgan fingerprint density at radius 3 is 3.00 bits per heavy atom. The fourth-order valence-electron chi connectivity index (χ4n) is 2.17. The van der Waals surface area contributed by atoms with Gasteiger partial charge in [0.1, 0.15) is 11.9 Å². The van der Waals surface area contributed by atoms with E-state index in [4.69, 9.17) is 9.47 Å². The molecule has 1 fully saturated rings. The summed E-state index contributed by atoms with van der Waals surface area (Å²) >= 11 is 0. The Morgan fingerprint density at radius 2 is 2.29 bits per heavy atom. The molecule has 1 aliphatic rings. The molecule has 7 heteroatoms. The van der Waals surface area contributed by atoms with Crippen LogP contribution < -0.4 is 10.1 Å². The van der Waals surface area contributed by atoms with Gasteiger partial charge in [0.05, 0.1) is 12.6 Å². The summed E-state index contributed by atoms with van der Waals surface area (Å²) in [4.78, 5) is 12.2. The van der Waals surface area contributed by atoms with E-state index in [1.54, 1.807) is 7.11 Å². The van der Waals surface area contributed by atoms with E-state index in [2.05, 4.69) is 10.1 Å². The zero-order valence-corrected chi connectivity index (χ0v) is 11.6. The molecule has 0 bridgehead atoms. The number of hydrogen-bond acceptors (Lipinski definition) is 4. The van der Waals surface area contributed by atoms with Crippen LogP contribution in [0.1, 0.15) is 16.8 Å². The third kappa shape index (κ3) is 4.37. The molecule has 1 N–H and O–H groups in total. The van der Waals surface area contributed by atoms with Crippen molar-refractivity contribution in [3.05, 3.63) is 29.8 Å². The van der Waals surface area contributed by atoms with E-state index in [9.17, 15) is 13.6 Å². The van der Waals surface area contributed by atoms with Gasteiger partial charge < -0.3 is 19.5 Å². The molecule has 1 saturated heterocycles. The van der Waals surface area contributed by atoms with Gasteiger partial charge in [-0.3, -0.25) is 4.79 Å². The van der Waals surface area contributed by atoms with Crippen molar-refractivity contribution in [1.29, 1.82) is 0 Å². The van der Waals surface area contributed by atoms with Crippen molar-refractivity contribution < 1.29 is 27.8 Å². The molecular formula is C14H17F2NO4.